The summed E-state index contributed by atoms with van der Waals surface area (Å²) >= 11 is 0. The largest absolute Gasteiger partial charge is 0.351 e. The van der Waals surface area contributed by atoms with Crippen LogP contribution in [0.1, 0.15) is 43.5 Å². The molecule has 0 spiro atoms. The van der Waals surface area contributed by atoms with E-state index >= 15 is 0 Å². The van der Waals surface area contributed by atoms with Gasteiger partial charge in [-0.25, -0.2) is 13.4 Å². The number of aryl methyl sites for hydroxylation is 1. The van der Waals surface area contributed by atoms with E-state index in [-0.39, 0.29) is 0 Å². The van der Waals surface area contributed by atoms with Gasteiger partial charge in [-0.15, -0.1) is 10.2 Å². The number of aromatic nitrogens is 4. The van der Waals surface area contributed by atoms with Crippen molar-refractivity contribution < 1.29 is 8.42 Å². The first-order chi connectivity index (χ1) is 14.6. The molecule has 9 heteroatoms. The highest BCUT2D eigenvalue weighted by atomic mass is 32.2. The molecule has 2 fully saturated rings. The Morgan fingerprint density at radius 1 is 1.03 bits per heavy atom. The first-order valence-electron chi connectivity index (χ1n) is 10.6. The van der Waals surface area contributed by atoms with Gasteiger partial charge in [0.25, 0.3) is 0 Å². The van der Waals surface area contributed by atoms with Crippen LogP contribution in [0.4, 0.5) is 5.82 Å². The van der Waals surface area contributed by atoms with Crippen LogP contribution in [0.5, 0.6) is 0 Å². The lowest BCUT2D eigenvalue weighted by molar-refractivity contribution is 0.384. The maximum atomic E-state index is 13.1. The molecule has 8 nitrogen and oxygen atoms in total. The number of piperazine rings is 1. The van der Waals surface area contributed by atoms with Crippen molar-refractivity contribution in [2.45, 2.75) is 43.4 Å². The predicted molar refractivity (Wildman–Crippen MR) is 114 cm³/mol. The molecule has 158 valence electrons. The van der Waals surface area contributed by atoms with Crippen LogP contribution in [-0.2, 0) is 16.4 Å². The van der Waals surface area contributed by atoms with Crippen molar-refractivity contribution in [1.29, 1.82) is 0 Å². The summed E-state index contributed by atoms with van der Waals surface area (Å²) in [5, 5.41) is 8.74. The van der Waals surface area contributed by atoms with Crippen molar-refractivity contribution in [3.05, 3.63) is 48.0 Å². The average Bonchev–Trinajstić information content (AvgIpc) is 3.52. The van der Waals surface area contributed by atoms with Crippen LogP contribution in [0.15, 0.2) is 41.6 Å². The van der Waals surface area contributed by atoms with E-state index in [9.17, 15) is 8.42 Å². The van der Waals surface area contributed by atoms with Gasteiger partial charge in [0.2, 0.25) is 15.7 Å². The van der Waals surface area contributed by atoms with Gasteiger partial charge in [-0.2, -0.15) is 4.31 Å². The highest BCUT2D eigenvalue weighted by molar-refractivity contribution is 7.89. The van der Waals surface area contributed by atoms with Crippen LogP contribution in [0.25, 0.3) is 5.65 Å². The van der Waals surface area contributed by atoms with Crippen molar-refractivity contribution in [1.82, 2.24) is 23.9 Å². The molecule has 2 aliphatic rings. The lowest BCUT2D eigenvalue weighted by atomic mass is 10.1. The standard InChI is InChI=1S/C21H26N6O2S/c1-2-3-16-4-8-18(9-5-16)30(28,29)26-14-12-25(13-15-26)20-21-24-23-19(17-6-7-17)27(21)11-10-22-20/h4-5,8-11,17H,2-3,6-7,12-15H2,1H3. The Balaban J connectivity index is 1.32. The van der Waals surface area contributed by atoms with Gasteiger partial charge in [0, 0.05) is 44.5 Å². The van der Waals surface area contributed by atoms with E-state index in [4.69, 9.17) is 0 Å². The second-order valence-corrected chi connectivity index (χ2v) is 10.00. The van der Waals surface area contributed by atoms with Crippen molar-refractivity contribution >= 4 is 21.5 Å². The van der Waals surface area contributed by atoms with Crippen molar-refractivity contribution in [3.8, 4) is 0 Å². The van der Waals surface area contributed by atoms with E-state index < -0.39 is 10.0 Å². The number of sulfonamides is 1. The Morgan fingerprint density at radius 3 is 2.43 bits per heavy atom. The SMILES string of the molecule is CCCc1ccc(S(=O)(=O)N2CCN(c3nccn4c(C5CC5)nnc34)CC2)cc1. The Kier molecular flexibility index (Phi) is 4.94. The van der Waals surface area contributed by atoms with Gasteiger partial charge in [-0.1, -0.05) is 25.5 Å². The van der Waals surface area contributed by atoms with Crippen LogP contribution in [-0.4, -0.2) is 58.5 Å². The lowest BCUT2D eigenvalue weighted by Gasteiger charge is -2.34. The molecule has 1 saturated carbocycles. The minimum Gasteiger partial charge on any atom is -0.351 e. The summed E-state index contributed by atoms with van der Waals surface area (Å²) in [6.07, 6.45) is 8.02. The quantitative estimate of drug-likeness (QED) is 0.602. The van der Waals surface area contributed by atoms with Gasteiger partial charge in [0.05, 0.1) is 4.90 Å². The van der Waals surface area contributed by atoms with E-state index in [0.717, 1.165) is 43.0 Å². The molecule has 30 heavy (non-hydrogen) atoms. The zero-order chi connectivity index (χ0) is 20.7. The smallest absolute Gasteiger partial charge is 0.243 e. The molecule has 1 aromatic carbocycles. The molecule has 1 aliphatic heterocycles. The third kappa shape index (κ3) is 3.45. The third-order valence-corrected chi connectivity index (χ3v) is 7.83. The molecule has 0 atom stereocenters. The van der Waals surface area contributed by atoms with Gasteiger partial charge in [0.1, 0.15) is 5.82 Å². The first-order valence-corrected chi connectivity index (χ1v) is 12.1. The summed E-state index contributed by atoms with van der Waals surface area (Å²) in [6, 6.07) is 7.29. The molecule has 0 radical (unpaired) electrons. The molecule has 2 aromatic heterocycles. The van der Waals surface area contributed by atoms with Crippen LogP contribution >= 0.6 is 0 Å². The Hall–Kier alpha value is -2.52. The molecule has 1 aliphatic carbocycles. The van der Waals surface area contributed by atoms with E-state index in [1.165, 1.54) is 5.56 Å². The van der Waals surface area contributed by atoms with Crippen LogP contribution in [0.2, 0.25) is 0 Å². The number of hydrogen-bond donors (Lipinski definition) is 0. The fourth-order valence-electron chi connectivity index (χ4n) is 4.08. The maximum Gasteiger partial charge on any atom is 0.243 e. The summed E-state index contributed by atoms with van der Waals surface area (Å²) < 4.78 is 29.7. The minimum atomic E-state index is -3.49. The maximum absolute atomic E-state index is 13.1. The number of fused-ring (bicyclic) bond motifs is 1. The molecule has 5 rings (SSSR count). The Labute approximate surface area is 176 Å². The molecule has 0 bridgehead atoms. The second-order valence-electron chi connectivity index (χ2n) is 8.06. The van der Waals surface area contributed by atoms with Crippen LogP contribution in [0.3, 0.4) is 0 Å². The highest BCUT2D eigenvalue weighted by Crippen LogP contribution is 2.39. The summed E-state index contributed by atoms with van der Waals surface area (Å²) in [4.78, 5) is 7.00. The molecule has 0 N–H and O–H groups in total. The number of anilines is 1. The number of hydrogen-bond acceptors (Lipinski definition) is 6. The van der Waals surface area contributed by atoms with Crippen molar-refractivity contribution in [2.75, 3.05) is 31.1 Å². The Bertz CT molecular complexity index is 1150. The summed E-state index contributed by atoms with van der Waals surface area (Å²) in [6.45, 7) is 4.11. The van der Waals surface area contributed by atoms with Gasteiger partial charge >= 0.3 is 0 Å². The zero-order valence-corrected chi connectivity index (χ0v) is 17.9. The fourth-order valence-corrected chi connectivity index (χ4v) is 5.50. The normalized spacial score (nSPS) is 18.2. The van der Waals surface area contributed by atoms with E-state index in [1.54, 1.807) is 22.6 Å². The molecular weight excluding hydrogens is 400 g/mol. The van der Waals surface area contributed by atoms with Gasteiger partial charge in [-0.05, 0) is 37.0 Å². The molecule has 0 amide bonds. The van der Waals surface area contributed by atoms with Crippen molar-refractivity contribution in [3.63, 3.8) is 0 Å². The zero-order valence-electron chi connectivity index (χ0n) is 17.1. The highest BCUT2D eigenvalue weighted by Gasteiger charge is 2.32. The first kappa shape index (κ1) is 19.4. The molecule has 3 heterocycles. The summed E-state index contributed by atoms with van der Waals surface area (Å²) in [5.74, 6) is 2.28. The average molecular weight is 427 g/mol. The van der Waals surface area contributed by atoms with Gasteiger partial charge < -0.3 is 4.90 Å². The summed E-state index contributed by atoms with van der Waals surface area (Å²) in [7, 11) is -3.49. The van der Waals surface area contributed by atoms with Gasteiger partial charge in [-0.3, -0.25) is 4.40 Å². The topological polar surface area (TPSA) is 83.7 Å². The number of nitrogens with zero attached hydrogens (tertiary/aromatic N) is 6. The Morgan fingerprint density at radius 2 is 1.77 bits per heavy atom. The summed E-state index contributed by atoms with van der Waals surface area (Å²) in [5.41, 5.74) is 1.92. The fraction of sp³-hybridized carbons (Fsp3) is 0.476. The molecule has 3 aromatic rings. The third-order valence-electron chi connectivity index (χ3n) is 5.92. The monoisotopic (exact) mass is 426 g/mol. The van der Waals surface area contributed by atoms with Crippen LogP contribution in [0, 0.1) is 0 Å². The minimum absolute atomic E-state index is 0.363. The molecule has 1 saturated heterocycles. The van der Waals surface area contributed by atoms with E-state index in [1.807, 2.05) is 22.7 Å². The van der Waals surface area contributed by atoms with E-state index in [2.05, 4.69) is 27.0 Å². The van der Waals surface area contributed by atoms with Gasteiger partial charge in [0.15, 0.2) is 5.82 Å². The second kappa shape index (κ2) is 7.63. The predicted octanol–water partition coefficient (Wildman–Crippen LogP) is 2.47. The van der Waals surface area contributed by atoms with E-state index in [0.29, 0.717) is 37.0 Å². The molecule has 0 unspecified atom stereocenters. The molecular formula is C21H26N6O2S. The van der Waals surface area contributed by atoms with Crippen molar-refractivity contribution in [2.24, 2.45) is 0 Å². The number of rotatable bonds is 6. The lowest BCUT2D eigenvalue weighted by Crippen LogP contribution is -2.49. The number of benzene rings is 1. The van der Waals surface area contributed by atoms with Crippen LogP contribution < -0.4 is 4.90 Å².